The van der Waals surface area contributed by atoms with Gasteiger partial charge < -0.3 is 15.0 Å². The van der Waals surface area contributed by atoms with Gasteiger partial charge in [0.25, 0.3) is 0 Å². The summed E-state index contributed by atoms with van der Waals surface area (Å²) in [5.41, 5.74) is 0.320. The standard InChI is InChI=1S/C22H31N3O2/c1-21(2,3)27-20(26)24-18-9-10-19(15-18)25-13-11-22(16-23,12-14-25)17-7-5-4-6-8-17/h4-8,18-19H,9-15H2,1-3H3,(H,24,26)/t18-,19-/m1/s1. The molecule has 1 aromatic carbocycles. The van der Waals surface area contributed by atoms with Crippen LogP contribution in [0.25, 0.3) is 0 Å². The predicted octanol–water partition coefficient (Wildman–Crippen LogP) is 3.99. The highest BCUT2D eigenvalue weighted by Gasteiger charge is 2.40. The number of rotatable bonds is 3. The number of hydrogen-bond acceptors (Lipinski definition) is 4. The molecule has 2 fully saturated rings. The first-order chi connectivity index (χ1) is 12.8. The highest BCUT2D eigenvalue weighted by Crippen LogP contribution is 2.37. The van der Waals surface area contributed by atoms with Crippen molar-refractivity contribution in [3.8, 4) is 6.07 Å². The molecule has 2 atom stereocenters. The van der Waals surface area contributed by atoms with Crippen LogP contribution in [0.1, 0.15) is 58.4 Å². The highest BCUT2D eigenvalue weighted by molar-refractivity contribution is 5.68. The number of nitriles is 1. The summed E-state index contributed by atoms with van der Waals surface area (Å²) in [6, 6.07) is 13.5. The molecule has 0 radical (unpaired) electrons. The van der Waals surface area contributed by atoms with Gasteiger partial charge in [0, 0.05) is 25.2 Å². The zero-order chi connectivity index (χ0) is 19.5. The van der Waals surface area contributed by atoms with Crippen molar-refractivity contribution >= 4 is 6.09 Å². The number of alkyl carbamates (subject to hydrolysis) is 1. The third-order valence-corrected chi connectivity index (χ3v) is 5.83. The van der Waals surface area contributed by atoms with E-state index in [1.165, 1.54) is 0 Å². The van der Waals surface area contributed by atoms with Gasteiger partial charge in [-0.1, -0.05) is 30.3 Å². The Hall–Kier alpha value is -2.06. The van der Waals surface area contributed by atoms with E-state index in [1.54, 1.807) is 0 Å². The van der Waals surface area contributed by atoms with Gasteiger partial charge in [0.2, 0.25) is 0 Å². The van der Waals surface area contributed by atoms with Crippen LogP contribution in [0.3, 0.4) is 0 Å². The largest absolute Gasteiger partial charge is 0.444 e. The van der Waals surface area contributed by atoms with Crippen molar-refractivity contribution in [3.63, 3.8) is 0 Å². The number of hydrogen-bond donors (Lipinski definition) is 1. The van der Waals surface area contributed by atoms with Crippen LogP contribution in [-0.2, 0) is 10.2 Å². The van der Waals surface area contributed by atoms with E-state index in [-0.39, 0.29) is 17.6 Å². The third-order valence-electron chi connectivity index (χ3n) is 5.83. The van der Waals surface area contributed by atoms with Crippen molar-refractivity contribution in [3.05, 3.63) is 35.9 Å². The number of likely N-dealkylation sites (tertiary alicyclic amines) is 1. The molecule has 1 aliphatic heterocycles. The average Bonchev–Trinajstić information content (AvgIpc) is 3.09. The molecule has 1 saturated carbocycles. The van der Waals surface area contributed by atoms with E-state index in [0.29, 0.717) is 6.04 Å². The van der Waals surface area contributed by atoms with Gasteiger partial charge in [0.1, 0.15) is 5.60 Å². The maximum atomic E-state index is 12.0. The van der Waals surface area contributed by atoms with Gasteiger partial charge in [-0.15, -0.1) is 0 Å². The second-order valence-corrected chi connectivity index (χ2v) is 8.91. The summed E-state index contributed by atoms with van der Waals surface area (Å²) in [6.07, 6.45) is 4.46. The van der Waals surface area contributed by atoms with E-state index in [0.717, 1.165) is 50.8 Å². The second kappa shape index (κ2) is 7.90. The SMILES string of the molecule is CC(C)(C)OC(=O)N[C@@H]1CC[C@@H](N2CCC(C#N)(c3ccccc3)CC2)C1. The molecule has 0 unspecified atom stereocenters. The smallest absolute Gasteiger partial charge is 0.407 e. The number of nitrogens with zero attached hydrogens (tertiary/aromatic N) is 2. The average molecular weight is 370 g/mol. The highest BCUT2D eigenvalue weighted by atomic mass is 16.6. The fourth-order valence-corrected chi connectivity index (χ4v) is 4.39. The lowest BCUT2D eigenvalue weighted by Crippen LogP contribution is -2.46. The minimum Gasteiger partial charge on any atom is -0.444 e. The molecule has 0 aromatic heterocycles. The number of piperidine rings is 1. The van der Waals surface area contributed by atoms with Crippen LogP contribution < -0.4 is 5.32 Å². The van der Waals surface area contributed by atoms with Crippen molar-refractivity contribution < 1.29 is 9.53 Å². The minimum absolute atomic E-state index is 0.182. The van der Waals surface area contributed by atoms with Crippen LogP contribution in [-0.4, -0.2) is 41.8 Å². The first-order valence-electron chi connectivity index (χ1n) is 10.0. The van der Waals surface area contributed by atoms with E-state index in [2.05, 4.69) is 28.4 Å². The number of carbonyl (C=O) groups excluding carboxylic acids is 1. The summed E-state index contributed by atoms with van der Waals surface area (Å²) in [6.45, 7) is 7.52. The molecule has 0 spiro atoms. The molecule has 2 aliphatic rings. The molecule has 1 N–H and O–H groups in total. The monoisotopic (exact) mass is 369 g/mol. The molecule has 3 rings (SSSR count). The summed E-state index contributed by atoms with van der Waals surface area (Å²) < 4.78 is 5.37. The van der Waals surface area contributed by atoms with Crippen molar-refractivity contribution in [2.45, 2.75) is 76.0 Å². The summed E-state index contributed by atoms with van der Waals surface area (Å²) in [7, 11) is 0. The molecular weight excluding hydrogens is 338 g/mol. The minimum atomic E-state index is -0.465. The Morgan fingerprint density at radius 3 is 2.48 bits per heavy atom. The summed E-state index contributed by atoms with van der Waals surface area (Å²) in [4.78, 5) is 14.5. The molecule has 5 nitrogen and oxygen atoms in total. The Balaban J connectivity index is 1.52. The predicted molar refractivity (Wildman–Crippen MR) is 105 cm³/mol. The van der Waals surface area contributed by atoms with Crippen LogP contribution in [0.2, 0.25) is 0 Å². The van der Waals surface area contributed by atoms with Crippen LogP contribution in [0.5, 0.6) is 0 Å². The Morgan fingerprint density at radius 1 is 1.22 bits per heavy atom. The molecule has 1 aromatic rings. The molecule has 1 aliphatic carbocycles. The Labute approximate surface area is 162 Å². The maximum absolute atomic E-state index is 12.0. The van der Waals surface area contributed by atoms with E-state index in [4.69, 9.17) is 4.74 Å². The fraction of sp³-hybridized carbons (Fsp3) is 0.636. The third kappa shape index (κ3) is 4.81. The van der Waals surface area contributed by atoms with Gasteiger partial charge in [-0.3, -0.25) is 0 Å². The molecular formula is C22H31N3O2. The Bertz CT molecular complexity index is 682. The second-order valence-electron chi connectivity index (χ2n) is 8.91. The van der Waals surface area contributed by atoms with E-state index >= 15 is 0 Å². The van der Waals surface area contributed by atoms with Crippen molar-refractivity contribution in [1.82, 2.24) is 10.2 Å². The van der Waals surface area contributed by atoms with Crippen molar-refractivity contribution in [2.75, 3.05) is 13.1 Å². The lowest BCUT2D eigenvalue weighted by Gasteiger charge is -2.40. The lowest BCUT2D eigenvalue weighted by atomic mass is 9.74. The number of ether oxygens (including phenoxy) is 1. The molecule has 27 heavy (non-hydrogen) atoms. The first-order valence-corrected chi connectivity index (χ1v) is 10.0. The molecule has 146 valence electrons. The Morgan fingerprint density at radius 2 is 1.89 bits per heavy atom. The van der Waals surface area contributed by atoms with E-state index in [1.807, 2.05) is 39.0 Å². The van der Waals surface area contributed by atoms with Crippen LogP contribution in [0, 0.1) is 11.3 Å². The number of benzene rings is 1. The van der Waals surface area contributed by atoms with E-state index in [9.17, 15) is 10.1 Å². The summed E-state index contributed by atoms with van der Waals surface area (Å²) in [5, 5.41) is 12.9. The zero-order valence-corrected chi connectivity index (χ0v) is 16.7. The van der Waals surface area contributed by atoms with Crippen LogP contribution in [0.15, 0.2) is 30.3 Å². The normalized spacial score (nSPS) is 25.6. The molecule has 1 saturated heterocycles. The van der Waals surface area contributed by atoms with Gasteiger partial charge in [0.15, 0.2) is 0 Å². The Kier molecular flexibility index (Phi) is 5.76. The van der Waals surface area contributed by atoms with Gasteiger partial charge in [-0.05, 0) is 58.4 Å². The zero-order valence-electron chi connectivity index (χ0n) is 16.7. The van der Waals surface area contributed by atoms with Gasteiger partial charge in [-0.2, -0.15) is 5.26 Å². The van der Waals surface area contributed by atoms with Crippen molar-refractivity contribution in [2.24, 2.45) is 0 Å². The number of carbonyl (C=O) groups is 1. The molecule has 1 amide bonds. The van der Waals surface area contributed by atoms with Crippen LogP contribution in [0.4, 0.5) is 4.79 Å². The lowest BCUT2D eigenvalue weighted by molar-refractivity contribution is 0.0502. The topological polar surface area (TPSA) is 65.4 Å². The van der Waals surface area contributed by atoms with Gasteiger partial charge >= 0.3 is 6.09 Å². The van der Waals surface area contributed by atoms with Gasteiger partial charge in [0.05, 0.1) is 11.5 Å². The molecule has 5 heteroatoms. The van der Waals surface area contributed by atoms with Crippen LogP contribution >= 0.6 is 0 Å². The van der Waals surface area contributed by atoms with E-state index < -0.39 is 5.60 Å². The number of nitrogens with one attached hydrogen (secondary N) is 1. The summed E-state index contributed by atoms with van der Waals surface area (Å²) in [5.74, 6) is 0. The molecule has 1 heterocycles. The molecule has 0 bridgehead atoms. The van der Waals surface area contributed by atoms with Crippen molar-refractivity contribution in [1.29, 1.82) is 5.26 Å². The first kappa shape index (κ1) is 19.7. The summed E-state index contributed by atoms with van der Waals surface area (Å²) >= 11 is 0. The van der Waals surface area contributed by atoms with Gasteiger partial charge in [-0.25, -0.2) is 4.79 Å². The number of amides is 1. The maximum Gasteiger partial charge on any atom is 0.407 e. The fourth-order valence-electron chi connectivity index (χ4n) is 4.39. The quantitative estimate of drug-likeness (QED) is 0.875.